The van der Waals surface area contributed by atoms with E-state index in [1.54, 1.807) is 11.9 Å². The minimum Gasteiger partial charge on any atom is -0.381 e. The zero-order valence-electron chi connectivity index (χ0n) is 16.5. The molecule has 3 nitrogen and oxygen atoms in total. The molecule has 0 fully saturated rings. The monoisotopic (exact) mass is 390 g/mol. The Labute approximate surface area is 171 Å². The lowest BCUT2D eigenvalue weighted by atomic mass is 10.0. The summed E-state index contributed by atoms with van der Waals surface area (Å²) in [4.78, 5) is 12.5. The molecule has 3 aromatic rings. The SMILES string of the molecule is CC(C)(C)SNc1ccc(CNc2ccc(C(=O)c3ccccc3)cc2)cc1. The molecule has 0 amide bonds. The molecule has 0 saturated heterocycles. The van der Waals surface area contributed by atoms with E-state index in [9.17, 15) is 4.79 Å². The zero-order chi connectivity index (χ0) is 20.0. The van der Waals surface area contributed by atoms with E-state index < -0.39 is 0 Å². The highest BCUT2D eigenvalue weighted by Gasteiger charge is 2.10. The first kappa shape index (κ1) is 20.0. The minimum atomic E-state index is 0.0448. The number of ketones is 1. The maximum absolute atomic E-state index is 12.5. The van der Waals surface area contributed by atoms with Crippen molar-refractivity contribution in [1.29, 1.82) is 0 Å². The zero-order valence-corrected chi connectivity index (χ0v) is 17.3. The molecule has 2 N–H and O–H groups in total. The molecule has 144 valence electrons. The highest BCUT2D eigenvalue weighted by Crippen LogP contribution is 2.25. The number of hydrogen-bond acceptors (Lipinski definition) is 4. The molecule has 0 heterocycles. The van der Waals surface area contributed by atoms with Crippen LogP contribution < -0.4 is 10.0 Å². The van der Waals surface area contributed by atoms with Crippen LogP contribution in [0.5, 0.6) is 0 Å². The maximum atomic E-state index is 12.5. The van der Waals surface area contributed by atoms with Gasteiger partial charge in [0.1, 0.15) is 0 Å². The highest BCUT2D eigenvalue weighted by molar-refractivity contribution is 8.01. The van der Waals surface area contributed by atoms with Crippen LogP contribution in [0.4, 0.5) is 11.4 Å². The molecule has 0 radical (unpaired) electrons. The van der Waals surface area contributed by atoms with Crippen molar-refractivity contribution in [2.24, 2.45) is 0 Å². The summed E-state index contributed by atoms with van der Waals surface area (Å²) >= 11 is 1.71. The van der Waals surface area contributed by atoms with Gasteiger partial charge in [0.2, 0.25) is 0 Å². The Morgan fingerprint density at radius 3 is 1.96 bits per heavy atom. The lowest BCUT2D eigenvalue weighted by molar-refractivity contribution is 0.103. The predicted molar refractivity (Wildman–Crippen MR) is 121 cm³/mol. The van der Waals surface area contributed by atoms with E-state index in [1.165, 1.54) is 5.56 Å². The number of carbonyl (C=O) groups is 1. The van der Waals surface area contributed by atoms with Gasteiger partial charge in [-0.15, -0.1) is 0 Å². The van der Waals surface area contributed by atoms with Gasteiger partial charge < -0.3 is 10.0 Å². The lowest BCUT2D eigenvalue weighted by Gasteiger charge is -2.18. The van der Waals surface area contributed by atoms with Crippen LogP contribution in [0.15, 0.2) is 78.9 Å². The Kier molecular flexibility index (Phi) is 6.42. The fraction of sp³-hybridized carbons (Fsp3) is 0.208. The minimum absolute atomic E-state index is 0.0448. The van der Waals surface area contributed by atoms with E-state index in [-0.39, 0.29) is 10.5 Å². The summed E-state index contributed by atoms with van der Waals surface area (Å²) in [5.41, 5.74) is 4.71. The van der Waals surface area contributed by atoms with Gasteiger partial charge in [-0.05, 0) is 74.7 Å². The van der Waals surface area contributed by atoms with E-state index in [1.807, 2.05) is 54.6 Å². The van der Waals surface area contributed by atoms with Crippen molar-refractivity contribution in [3.05, 3.63) is 95.6 Å². The molecule has 3 rings (SSSR count). The summed E-state index contributed by atoms with van der Waals surface area (Å²) in [5, 5.41) is 3.41. The molecule has 0 aliphatic carbocycles. The van der Waals surface area contributed by atoms with Crippen molar-refractivity contribution in [1.82, 2.24) is 0 Å². The van der Waals surface area contributed by atoms with E-state index in [0.717, 1.165) is 17.9 Å². The van der Waals surface area contributed by atoms with Crippen molar-refractivity contribution in [3.8, 4) is 0 Å². The second kappa shape index (κ2) is 8.98. The third-order valence-corrected chi connectivity index (χ3v) is 5.06. The number of rotatable bonds is 7. The highest BCUT2D eigenvalue weighted by atomic mass is 32.2. The molecule has 4 heteroatoms. The second-order valence-corrected chi connectivity index (χ2v) is 9.27. The molecule has 3 aromatic carbocycles. The molecule has 0 saturated carbocycles. The van der Waals surface area contributed by atoms with Crippen LogP contribution in [-0.2, 0) is 6.54 Å². The van der Waals surface area contributed by atoms with Crippen LogP contribution in [0.2, 0.25) is 0 Å². The third-order valence-electron chi connectivity index (χ3n) is 4.11. The summed E-state index contributed by atoms with van der Waals surface area (Å²) in [6.07, 6.45) is 0. The van der Waals surface area contributed by atoms with Crippen LogP contribution in [0.25, 0.3) is 0 Å². The first-order valence-electron chi connectivity index (χ1n) is 9.37. The molecular weight excluding hydrogens is 364 g/mol. The van der Waals surface area contributed by atoms with Crippen molar-refractivity contribution >= 4 is 29.1 Å². The molecule has 0 spiro atoms. The van der Waals surface area contributed by atoms with Crippen molar-refractivity contribution in [3.63, 3.8) is 0 Å². The molecule has 0 atom stereocenters. The number of anilines is 2. The Balaban J connectivity index is 1.54. The van der Waals surface area contributed by atoms with Crippen molar-refractivity contribution < 1.29 is 4.79 Å². The number of nitrogens with one attached hydrogen (secondary N) is 2. The molecule has 28 heavy (non-hydrogen) atoms. The van der Waals surface area contributed by atoms with E-state index in [0.29, 0.717) is 11.1 Å². The van der Waals surface area contributed by atoms with Gasteiger partial charge in [-0.1, -0.05) is 42.5 Å². The third kappa shape index (κ3) is 5.89. The quantitative estimate of drug-likeness (QED) is 0.362. The fourth-order valence-electron chi connectivity index (χ4n) is 2.60. The lowest BCUT2D eigenvalue weighted by Crippen LogP contribution is -2.10. The summed E-state index contributed by atoms with van der Waals surface area (Å²) < 4.78 is 3.56. The predicted octanol–water partition coefficient (Wildman–Crippen LogP) is 6.39. The molecule has 0 aromatic heterocycles. The summed E-state index contributed by atoms with van der Waals surface area (Å²) in [6, 6.07) is 25.4. The average molecular weight is 391 g/mol. The number of carbonyl (C=O) groups excluding carboxylic acids is 1. The van der Waals surface area contributed by atoms with Gasteiger partial charge in [0.05, 0.1) is 0 Å². The average Bonchev–Trinajstić information content (AvgIpc) is 2.71. The van der Waals surface area contributed by atoms with Crippen LogP contribution in [-0.4, -0.2) is 10.5 Å². The Morgan fingerprint density at radius 2 is 1.36 bits per heavy atom. The first-order chi connectivity index (χ1) is 13.4. The van der Waals surface area contributed by atoms with Crippen LogP contribution in [0, 0.1) is 0 Å². The van der Waals surface area contributed by atoms with E-state index >= 15 is 0 Å². The van der Waals surface area contributed by atoms with Crippen molar-refractivity contribution in [2.75, 3.05) is 10.0 Å². The van der Waals surface area contributed by atoms with Gasteiger partial charge in [0.15, 0.2) is 5.78 Å². The van der Waals surface area contributed by atoms with Gasteiger partial charge in [0, 0.05) is 33.8 Å². The molecule has 0 unspecified atom stereocenters. The van der Waals surface area contributed by atoms with E-state index in [2.05, 4.69) is 55.1 Å². The van der Waals surface area contributed by atoms with Crippen LogP contribution in [0.1, 0.15) is 42.3 Å². The Bertz CT molecular complexity index is 898. The second-order valence-electron chi connectivity index (χ2n) is 7.64. The summed E-state index contributed by atoms with van der Waals surface area (Å²) in [5.74, 6) is 0.0448. The van der Waals surface area contributed by atoms with Gasteiger partial charge in [-0.3, -0.25) is 4.79 Å². The summed E-state index contributed by atoms with van der Waals surface area (Å²) in [7, 11) is 0. The van der Waals surface area contributed by atoms with E-state index in [4.69, 9.17) is 0 Å². The van der Waals surface area contributed by atoms with Crippen LogP contribution >= 0.6 is 11.9 Å². The molecule has 0 bridgehead atoms. The number of hydrogen-bond donors (Lipinski definition) is 2. The van der Waals surface area contributed by atoms with Gasteiger partial charge >= 0.3 is 0 Å². The first-order valence-corrected chi connectivity index (χ1v) is 10.2. The van der Waals surface area contributed by atoms with Gasteiger partial charge in [-0.2, -0.15) is 0 Å². The Hall–Kier alpha value is -2.72. The maximum Gasteiger partial charge on any atom is 0.193 e. The van der Waals surface area contributed by atoms with Gasteiger partial charge in [0.25, 0.3) is 0 Å². The standard InChI is InChI=1S/C24H26N2OS/c1-24(2,3)28-26-22-13-9-18(10-14-22)17-25-21-15-11-20(12-16-21)23(27)19-7-5-4-6-8-19/h4-16,25-26H,17H2,1-3H3. The van der Waals surface area contributed by atoms with Gasteiger partial charge in [-0.25, -0.2) is 0 Å². The van der Waals surface area contributed by atoms with Crippen LogP contribution in [0.3, 0.4) is 0 Å². The largest absolute Gasteiger partial charge is 0.381 e. The summed E-state index contributed by atoms with van der Waals surface area (Å²) in [6.45, 7) is 7.28. The molecular formula is C24H26N2OS. The Morgan fingerprint density at radius 1 is 0.786 bits per heavy atom. The molecule has 0 aliphatic heterocycles. The fourth-order valence-corrected chi connectivity index (χ4v) is 3.16. The smallest absolute Gasteiger partial charge is 0.193 e. The topological polar surface area (TPSA) is 41.1 Å². The molecule has 0 aliphatic rings. The normalized spacial score (nSPS) is 11.1. The number of benzene rings is 3. The van der Waals surface area contributed by atoms with Crippen molar-refractivity contribution in [2.45, 2.75) is 32.1 Å².